The van der Waals surface area contributed by atoms with Crippen molar-refractivity contribution in [3.63, 3.8) is 0 Å². The highest BCUT2D eigenvalue weighted by molar-refractivity contribution is 7.89. The highest BCUT2D eigenvalue weighted by Gasteiger charge is 2.27. The van der Waals surface area contributed by atoms with E-state index in [1.807, 2.05) is 6.07 Å². The Bertz CT molecular complexity index is 649. The van der Waals surface area contributed by atoms with E-state index in [2.05, 4.69) is 23.7 Å². The average Bonchev–Trinajstić information content (AvgIpc) is 2.76. The highest BCUT2D eigenvalue weighted by Crippen LogP contribution is 2.31. The molecule has 0 atom stereocenters. The van der Waals surface area contributed by atoms with E-state index in [-0.39, 0.29) is 0 Å². The first-order valence-electron chi connectivity index (χ1n) is 9.10. The van der Waals surface area contributed by atoms with Crippen LogP contribution in [-0.2, 0) is 10.0 Å². The topological polar surface area (TPSA) is 53.5 Å². The molecule has 0 spiro atoms. The molecule has 134 valence electrons. The largest absolute Gasteiger partial charge is 0.357 e. The summed E-state index contributed by atoms with van der Waals surface area (Å²) in [5.41, 5.74) is 0.381. The van der Waals surface area contributed by atoms with Gasteiger partial charge in [0.25, 0.3) is 0 Å². The molecular weight excluding hydrogens is 322 g/mol. The summed E-state index contributed by atoms with van der Waals surface area (Å²) in [6, 6.07) is 3.59. The summed E-state index contributed by atoms with van der Waals surface area (Å²) in [5, 5.41) is 0. The van der Waals surface area contributed by atoms with Gasteiger partial charge in [-0.3, -0.25) is 0 Å². The van der Waals surface area contributed by atoms with Gasteiger partial charge in [0.15, 0.2) is 0 Å². The lowest BCUT2D eigenvalue weighted by atomic mass is 9.85. The SMILES string of the molecule is CC1(C)CCCN(c2ccc(S(=O)(=O)N3CCCCC3)cn2)CC1. The molecule has 0 amide bonds. The Hall–Kier alpha value is -1.14. The van der Waals surface area contributed by atoms with Gasteiger partial charge in [-0.15, -0.1) is 0 Å². The molecule has 2 saturated heterocycles. The second-order valence-corrected chi connectivity index (χ2v) is 9.76. The number of pyridine rings is 1. The van der Waals surface area contributed by atoms with Crippen LogP contribution in [0.2, 0.25) is 0 Å². The summed E-state index contributed by atoms with van der Waals surface area (Å²) >= 11 is 0. The molecular formula is C18H29N3O2S. The van der Waals surface area contributed by atoms with Crippen molar-refractivity contribution in [1.29, 1.82) is 0 Å². The molecule has 0 aliphatic carbocycles. The van der Waals surface area contributed by atoms with Crippen molar-refractivity contribution in [2.45, 2.75) is 57.3 Å². The third-order valence-corrected chi connectivity index (χ3v) is 7.22. The Morgan fingerprint density at radius 3 is 2.38 bits per heavy atom. The predicted octanol–water partition coefficient (Wildman–Crippen LogP) is 3.27. The van der Waals surface area contributed by atoms with E-state index in [4.69, 9.17) is 0 Å². The summed E-state index contributed by atoms with van der Waals surface area (Å²) in [5.74, 6) is 0.894. The van der Waals surface area contributed by atoms with Crippen LogP contribution >= 0.6 is 0 Å². The quantitative estimate of drug-likeness (QED) is 0.839. The molecule has 0 unspecified atom stereocenters. The summed E-state index contributed by atoms with van der Waals surface area (Å²) in [4.78, 5) is 7.08. The Labute approximate surface area is 146 Å². The zero-order chi connectivity index (χ0) is 17.2. The van der Waals surface area contributed by atoms with Crippen molar-refractivity contribution in [3.8, 4) is 0 Å². The average molecular weight is 352 g/mol. The number of nitrogens with zero attached hydrogens (tertiary/aromatic N) is 3. The lowest BCUT2D eigenvalue weighted by molar-refractivity contribution is 0.325. The van der Waals surface area contributed by atoms with Crippen molar-refractivity contribution in [2.75, 3.05) is 31.1 Å². The smallest absolute Gasteiger partial charge is 0.244 e. The van der Waals surface area contributed by atoms with Crippen LogP contribution in [-0.4, -0.2) is 43.9 Å². The van der Waals surface area contributed by atoms with Crippen LogP contribution in [0.15, 0.2) is 23.2 Å². The fraction of sp³-hybridized carbons (Fsp3) is 0.722. The zero-order valence-corrected chi connectivity index (χ0v) is 15.7. The van der Waals surface area contributed by atoms with Gasteiger partial charge in [-0.05, 0) is 49.7 Å². The molecule has 0 radical (unpaired) electrons. The number of hydrogen-bond donors (Lipinski definition) is 0. The second-order valence-electron chi connectivity index (χ2n) is 7.82. The van der Waals surface area contributed by atoms with E-state index >= 15 is 0 Å². The van der Waals surface area contributed by atoms with E-state index in [9.17, 15) is 8.42 Å². The lowest BCUT2D eigenvalue weighted by Crippen LogP contribution is -2.35. The fourth-order valence-electron chi connectivity index (χ4n) is 3.62. The second kappa shape index (κ2) is 7.00. The minimum atomic E-state index is -3.38. The van der Waals surface area contributed by atoms with Crippen LogP contribution in [0.3, 0.4) is 0 Å². The Kier molecular flexibility index (Phi) is 5.16. The first-order chi connectivity index (χ1) is 11.4. The van der Waals surface area contributed by atoms with E-state index in [0.29, 0.717) is 23.4 Å². The van der Waals surface area contributed by atoms with Gasteiger partial charge in [-0.25, -0.2) is 13.4 Å². The van der Waals surface area contributed by atoms with Gasteiger partial charge >= 0.3 is 0 Å². The van der Waals surface area contributed by atoms with Crippen molar-refractivity contribution in [3.05, 3.63) is 18.3 Å². The number of sulfonamides is 1. The monoisotopic (exact) mass is 351 g/mol. The summed E-state index contributed by atoms with van der Waals surface area (Å²) in [6.45, 7) is 7.87. The number of rotatable bonds is 3. The molecule has 2 fully saturated rings. The van der Waals surface area contributed by atoms with E-state index < -0.39 is 10.0 Å². The maximum Gasteiger partial charge on any atom is 0.244 e. The minimum absolute atomic E-state index is 0.323. The van der Waals surface area contributed by atoms with Crippen molar-refractivity contribution >= 4 is 15.8 Å². The molecule has 1 aromatic rings. The third kappa shape index (κ3) is 3.91. The molecule has 0 bridgehead atoms. The minimum Gasteiger partial charge on any atom is -0.357 e. The first kappa shape index (κ1) is 17.7. The highest BCUT2D eigenvalue weighted by atomic mass is 32.2. The Balaban J connectivity index is 1.73. The number of hydrogen-bond acceptors (Lipinski definition) is 4. The Morgan fingerprint density at radius 2 is 1.71 bits per heavy atom. The van der Waals surface area contributed by atoms with Gasteiger partial charge in [0.2, 0.25) is 10.0 Å². The summed E-state index contributed by atoms with van der Waals surface area (Å²) < 4.78 is 27.0. The molecule has 5 nitrogen and oxygen atoms in total. The van der Waals surface area contributed by atoms with Crippen LogP contribution in [0.5, 0.6) is 0 Å². The molecule has 3 rings (SSSR count). The van der Waals surface area contributed by atoms with Crippen molar-refractivity contribution in [2.24, 2.45) is 5.41 Å². The maximum absolute atomic E-state index is 12.7. The molecule has 0 saturated carbocycles. The predicted molar refractivity (Wildman–Crippen MR) is 96.7 cm³/mol. The van der Waals surface area contributed by atoms with Gasteiger partial charge in [-0.2, -0.15) is 4.31 Å². The molecule has 24 heavy (non-hydrogen) atoms. The number of anilines is 1. The normalized spacial score (nSPS) is 23.0. The molecule has 3 heterocycles. The van der Waals surface area contributed by atoms with Crippen LogP contribution in [0.4, 0.5) is 5.82 Å². The van der Waals surface area contributed by atoms with Crippen LogP contribution in [0, 0.1) is 5.41 Å². The van der Waals surface area contributed by atoms with Gasteiger partial charge < -0.3 is 4.90 Å². The molecule has 2 aliphatic heterocycles. The third-order valence-electron chi connectivity index (χ3n) is 5.34. The van der Waals surface area contributed by atoms with Crippen LogP contribution < -0.4 is 4.90 Å². The Morgan fingerprint density at radius 1 is 0.958 bits per heavy atom. The van der Waals surface area contributed by atoms with Crippen molar-refractivity contribution in [1.82, 2.24) is 9.29 Å². The molecule has 0 aromatic carbocycles. The molecule has 0 N–H and O–H groups in total. The van der Waals surface area contributed by atoms with Gasteiger partial charge in [-0.1, -0.05) is 20.3 Å². The zero-order valence-electron chi connectivity index (χ0n) is 14.9. The number of aromatic nitrogens is 1. The first-order valence-corrected chi connectivity index (χ1v) is 10.5. The van der Waals surface area contributed by atoms with Gasteiger partial charge in [0.05, 0.1) is 0 Å². The van der Waals surface area contributed by atoms with E-state index in [1.54, 1.807) is 10.4 Å². The van der Waals surface area contributed by atoms with Gasteiger partial charge in [0, 0.05) is 32.4 Å². The lowest BCUT2D eigenvalue weighted by Gasteiger charge is -2.26. The standard InChI is InChI=1S/C18H29N3O2S/c1-18(2)9-6-11-20(14-10-18)17-8-7-16(15-19-17)24(22,23)21-12-4-3-5-13-21/h7-8,15H,3-6,9-14H2,1-2H3. The summed E-state index contributed by atoms with van der Waals surface area (Å²) in [6.07, 6.45) is 8.09. The van der Waals surface area contributed by atoms with Crippen molar-refractivity contribution < 1.29 is 8.42 Å². The fourth-order valence-corrected chi connectivity index (χ4v) is 5.08. The van der Waals surface area contributed by atoms with Crippen LogP contribution in [0.25, 0.3) is 0 Å². The number of piperidine rings is 1. The maximum atomic E-state index is 12.7. The van der Waals surface area contributed by atoms with Gasteiger partial charge in [0.1, 0.15) is 10.7 Å². The van der Waals surface area contributed by atoms with E-state index in [1.165, 1.54) is 12.6 Å². The van der Waals surface area contributed by atoms with Crippen LogP contribution in [0.1, 0.15) is 52.4 Å². The molecule has 6 heteroatoms. The molecule has 1 aromatic heterocycles. The summed E-state index contributed by atoms with van der Waals surface area (Å²) in [7, 11) is -3.38. The molecule has 2 aliphatic rings. The van der Waals surface area contributed by atoms with E-state index in [0.717, 1.165) is 51.0 Å².